The van der Waals surface area contributed by atoms with E-state index in [4.69, 9.17) is 0 Å². The van der Waals surface area contributed by atoms with Gasteiger partial charge >= 0.3 is 6.03 Å². The largest absolute Gasteiger partial charge is 0.329 e. The van der Waals surface area contributed by atoms with Gasteiger partial charge in [0.2, 0.25) is 5.91 Å². The smallest absolute Gasteiger partial charge is 0.324 e. The molecule has 1 heterocycles. The van der Waals surface area contributed by atoms with Crippen molar-refractivity contribution in [3.05, 3.63) is 0 Å². The summed E-state index contributed by atoms with van der Waals surface area (Å²) in [6.07, 6.45) is 9.43. The summed E-state index contributed by atoms with van der Waals surface area (Å²) in [7, 11) is 0. The molecule has 4 bridgehead atoms. The molecule has 4 saturated carbocycles. The molecule has 5 aliphatic rings. The quantitative estimate of drug-likeness (QED) is 0.792. The SMILES string of the molecule is O=C1CNC(=O)N1CCC12CC3CC(CC(C3)C1)C2. The van der Waals surface area contributed by atoms with Crippen molar-refractivity contribution < 1.29 is 9.59 Å². The van der Waals surface area contributed by atoms with Crippen molar-refractivity contribution >= 4 is 11.9 Å². The van der Waals surface area contributed by atoms with E-state index in [1.807, 2.05) is 0 Å². The van der Waals surface area contributed by atoms with Crippen LogP contribution in [0.4, 0.5) is 4.79 Å². The van der Waals surface area contributed by atoms with Crippen LogP contribution in [0, 0.1) is 23.2 Å². The lowest BCUT2D eigenvalue weighted by Crippen LogP contribution is -2.47. The molecule has 4 aliphatic carbocycles. The van der Waals surface area contributed by atoms with Gasteiger partial charge in [-0.05, 0) is 68.1 Å². The Morgan fingerprint density at radius 1 is 1.05 bits per heavy atom. The zero-order valence-corrected chi connectivity index (χ0v) is 11.4. The Morgan fingerprint density at radius 2 is 1.63 bits per heavy atom. The average Bonchev–Trinajstić information content (AvgIpc) is 2.65. The van der Waals surface area contributed by atoms with Crippen molar-refractivity contribution in [2.24, 2.45) is 23.2 Å². The maximum absolute atomic E-state index is 11.6. The first kappa shape index (κ1) is 11.7. The van der Waals surface area contributed by atoms with E-state index in [9.17, 15) is 9.59 Å². The Balaban J connectivity index is 1.45. The number of nitrogens with one attached hydrogen (secondary N) is 1. The van der Waals surface area contributed by atoms with E-state index < -0.39 is 0 Å². The second-order valence-electron chi connectivity index (χ2n) is 7.37. The molecule has 4 heteroatoms. The minimum Gasteiger partial charge on any atom is -0.329 e. The first-order valence-corrected chi connectivity index (χ1v) is 7.72. The van der Waals surface area contributed by atoms with Crippen molar-refractivity contribution in [2.75, 3.05) is 13.1 Å². The summed E-state index contributed by atoms with van der Waals surface area (Å²) >= 11 is 0. The molecule has 5 rings (SSSR count). The molecule has 104 valence electrons. The zero-order chi connectivity index (χ0) is 13.0. The van der Waals surface area contributed by atoms with Gasteiger partial charge in [-0.3, -0.25) is 9.69 Å². The average molecular weight is 262 g/mol. The van der Waals surface area contributed by atoms with E-state index in [1.165, 1.54) is 43.4 Å². The Labute approximate surface area is 113 Å². The molecule has 0 spiro atoms. The topological polar surface area (TPSA) is 49.4 Å². The molecule has 1 aliphatic heterocycles. The van der Waals surface area contributed by atoms with Crippen molar-refractivity contribution in [1.29, 1.82) is 0 Å². The molecule has 0 aromatic rings. The third kappa shape index (κ3) is 1.87. The van der Waals surface area contributed by atoms with E-state index in [-0.39, 0.29) is 18.5 Å². The summed E-state index contributed by atoms with van der Waals surface area (Å²) in [5.41, 5.74) is 0.456. The number of nitrogens with zero attached hydrogens (tertiary/aromatic N) is 1. The summed E-state index contributed by atoms with van der Waals surface area (Å²) in [5.74, 6) is 2.77. The molecule has 0 aromatic heterocycles. The number of carbonyl (C=O) groups is 2. The van der Waals surface area contributed by atoms with Crippen molar-refractivity contribution in [2.45, 2.75) is 44.9 Å². The number of imide groups is 1. The lowest BCUT2D eigenvalue weighted by Gasteiger charge is -2.57. The van der Waals surface area contributed by atoms with Crippen LogP contribution in [0.5, 0.6) is 0 Å². The van der Waals surface area contributed by atoms with Gasteiger partial charge in [-0.2, -0.15) is 0 Å². The molecule has 0 atom stereocenters. The highest BCUT2D eigenvalue weighted by molar-refractivity contribution is 6.01. The highest BCUT2D eigenvalue weighted by atomic mass is 16.2. The number of hydrogen-bond acceptors (Lipinski definition) is 2. The van der Waals surface area contributed by atoms with Gasteiger partial charge in [-0.15, -0.1) is 0 Å². The minimum absolute atomic E-state index is 0.0465. The van der Waals surface area contributed by atoms with Crippen LogP contribution in [0.3, 0.4) is 0 Å². The van der Waals surface area contributed by atoms with Crippen LogP contribution in [0.2, 0.25) is 0 Å². The molecule has 0 aromatic carbocycles. The Bertz CT molecular complexity index is 381. The number of rotatable bonds is 3. The number of urea groups is 1. The molecule has 1 N–H and O–H groups in total. The Hall–Kier alpha value is -1.06. The third-order valence-electron chi connectivity index (χ3n) is 5.97. The van der Waals surface area contributed by atoms with Crippen molar-refractivity contribution in [3.8, 4) is 0 Å². The summed E-state index contributed by atoms with van der Waals surface area (Å²) in [6, 6.07) is -0.185. The van der Waals surface area contributed by atoms with Crippen molar-refractivity contribution in [1.82, 2.24) is 10.2 Å². The second-order valence-corrected chi connectivity index (χ2v) is 7.37. The van der Waals surface area contributed by atoms with Crippen LogP contribution in [0.25, 0.3) is 0 Å². The molecule has 4 nitrogen and oxygen atoms in total. The number of carbonyl (C=O) groups excluding carboxylic acids is 2. The first-order chi connectivity index (χ1) is 9.13. The third-order valence-corrected chi connectivity index (χ3v) is 5.97. The Morgan fingerprint density at radius 3 is 2.11 bits per heavy atom. The normalized spacial score (nSPS) is 44.0. The predicted octanol–water partition coefficient (Wildman–Crippen LogP) is 2.14. The van der Waals surface area contributed by atoms with Crippen molar-refractivity contribution in [3.63, 3.8) is 0 Å². The fourth-order valence-electron chi connectivity index (χ4n) is 5.63. The van der Waals surface area contributed by atoms with E-state index >= 15 is 0 Å². The lowest BCUT2D eigenvalue weighted by atomic mass is 9.49. The van der Waals surface area contributed by atoms with Crippen LogP contribution in [0.15, 0.2) is 0 Å². The summed E-state index contributed by atoms with van der Waals surface area (Å²) in [6.45, 7) is 0.830. The van der Waals surface area contributed by atoms with Crippen LogP contribution < -0.4 is 5.32 Å². The van der Waals surface area contributed by atoms with E-state index in [1.54, 1.807) is 0 Å². The highest BCUT2D eigenvalue weighted by Crippen LogP contribution is 2.61. The molecule has 3 amide bonds. The molecule has 0 unspecified atom stereocenters. The molecule has 0 radical (unpaired) electrons. The van der Waals surface area contributed by atoms with Gasteiger partial charge in [0.05, 0.1) is 6.54 Å². The molecule has 19 heavy (non-hydrogen) atoms. The van der Waals surface area contributed by atoms with Crippen LogP contribution in [-0.4, -0.2) is 29.9 Å². The van der Waals surface area contributed by atoms with Gasteiger partial charge in [0, 0.05) is 6.54 Å². The van der Waals surface area contributed by atoms with Gasteiger partial charge in [0.25, 0.3) is 0 Å². The maximum Gasteiger partial charge on any atom is 0.324 e. The van der Waals surface area contributed by atoms with Gasteiger partial charge < -0.3 is 5.32 Å². The second kappa shape index (κ2) is 3.97. The molecular weight excluding hydrogens is 240 g/mol. The fraction of sp³-hybridized carbons (Fsp3) is 0.867. The monoisotopic (exact) mass is 262 g/mol. The summed E-state index contributed by atoms with van der Waals surface area (Å²) in [5, 5.41) is 2.62. The number of hydrogen-bond donors (Lipinski definition) is 1. The zero-order valence-electron chi connectivity index (χ0n) is 11.4. The predicted molar refractivity (Wildman–Crippen MR) is 70.3 cm³/mol. The standard InChI is InChI=1S/C15H22N2O2/c18-13-9-16-14(19)17(13)2-1-15-6-10-3-11(7-15)5-12(4-10)8-15/h10-12H,1-9H2,(H,16,19). The van der Waals surface area contributed by atoms with E-state index in [2.05, 4.69) is 5.32 Å². The van der Waals surface area contributed by atoms with Crippen LogP contribution in [-0.2, 0) is 4.79 Å². The highest BCUT2D eigenvalue weighted by Gasteiger charge is 2.50. The van der Waals surface area contributed by atoms with Gasteiger partial charge in [0.1, 0.15) is 0 Å². The van der Waals surface area contributed by atoms with E-state index in [0.29, 0.717) is 12.0 Å². The minimum atomic E-state index is -0.185. The number of amides is 3. The van der Waals surface area contributed by atoms with Gasteiger partial charge in [-0.25, -0.2) is 4.79 Å². The van der Waals surface area contributed by atoms with Gasteiger partial charge in [-0.1, -0.05) is 0 Å². The lowest BCUT2D eigenvalue weighted by molar-refractivity contribution is -0.125. The summed E-state index contributed by atoms with van der Waals surface area (Å²) in [4.78, 5) is 24.7. The maximum atomic E-state index is 11.6. The Kier molecular flexibility index (Phi) is 2.45. The molecular formula is C15H22N2O2. The molecule has 5 fully saturated rings. The van der Waals surface area contributed by atoms with E-state index in [0.717, 1.165) is 24.2 Å². The fourth-order valence-corrected chi connectivity index (χ4v) is 5.63. The van der Waals surface area contributed by atoms with Gasteiger partial charge in [0.15, 0.2) is 0 Å². The first-order valence-electron chi connectivity index (χ1n) is 7.72. The van der Waals surface area contributed by atoms with Crippen LogP contribution >= 0.6 is 0 Å². The van der Waals surface area contributed by atoms with Crippen LogP contribution in [0.1, 0.15) is 44.9 Å². The molecule has 1 saturated heterocycles. The summed E-state index contributed by atoms with van der Waals surface area (Å²) < 4.78 is 0.